The number of hydrogen-bond acceptors (Lipinski definition) is 3. The van der Waals surface area contributed by atoms with Gasteiger partial charge in [-0.15, -0.1) is 0 Å². The highest BCUT2D eigenvalue weighted by molar-refractivity contribution is 8.00. The fraction of sp³-hybridized carbons (Fsp3) is 0.857. The number of amides is 2. The molecule has 1 heterocycles. The van der Waals surface area contributed by atoms with Gasteiger partial charge in [0.05, 0.1) is 0 Å². The number of alkyl halides is 3. The van der Waals surface area contributed by atoms with Gasteiger partial charge in [0.15, 0.2) is 0 Å². The lowest BCUT2D eigenvalue weighted by Crippen LogP contribution is -2.63. The zero-order valence-corrected chi connectivity index (χ0v) is 13.5. The third-order valence-electron chi connectivity index (χ3n) is 4.21. The van der Waals surface area contributed by atoms with Crippen molar-refractivity contribution in [2.24, 2.45) is 0 Å². The van der Waals surface area contributed by atoms with Crippen LogP contribution in [-0.2, 0) is 9.59 Å². The second-order valence-electron chi connectivity index (χ2n) is 6.34. The van der Waals surface area contributed by atoms with Crippen molar-refractivity contribution in [3.05, 3.63) is 0 Å². The number of carbonyl (C=O) groups is 2. The molecule has 2 atom stereocenters. The summed E-state index contributed by atoms with van der Waals surface area (Å²) < 4.78 is 37.2. The summed E-state index contributed by atoms with van der Waals surface area (Å²) in [5.74, 6) is -1.71. The highest BCUT2D eigenvalue weighted by atomic mass is 32.2. The molecule has 0 aromatic heterocycles. The first-order valence-corrected chi connectivity index (χ1v) is 8.50. The van der Waals surface area contributed by atoms with E-state index in [2.05, 4.69) is 0 Å². The second kappa shape index (κ2) is 6.29. The van der Waals surface area contributed by atoms with Gasteiger partial charge in [0.2, 0.25) is 5.91 Å². The zero-order valence-electron chi connectivity index (χ0n) is 12.7. The van der Waals surface area contributed by atoms with Crippen molar-refractivity contribution in [2.75, 3.05) is 12.3 Å². The largest absolute Gasteiger partial charge is 0.471 e. The lowest BCUT2D eigenvalue weighted by molar-refractivity contribution is -0.176. The predicted octanol–water partition coefficient (Wildman–Crippen LogP) is 2.33. The van der Waals surface area contributed by atoms with E-state index in [1.54, 1.807) is 4.90 Å². The van der Waals surface area contributed by atoms with Crippen molar-refractivity contribution >= 4 is 23.6 Å². The average molecular weight is 338 g/mol. The molecule has 0 aromatic rings. The summed E-state index contributed by atoms with van der Waals surface area (Å²) in [6, 6.07) is 0.0714. The number of fused-ring (bicyclic) bond motifs is 1. The van der Waals surface area contributed by atoms with E-state index < -0.39 is 23.5 Å². The molecule has 2 amide bonds. The second-order valence-corrected chi connectivity index (χ2v) is 7.68. The van der Waals surface area contributed by atoms with Gasteiger partial charge < -0.3 is 10.2 Å². The van der Waals surface area contributed by atoms with Gasteiger partial charge in [-0.2, -0.15) is 24.9 Å². The molecule has 1 saturated heterocycles. The monoisotopic (exact) mass is 338 g/mol. The Kier molecular flexibility index (Phi) is 4.99. The Labute approximate surface area is 132 Å². The number of carbonyl (C=O) groups excluding carboxylic acids is 2. The molecule has 4 nitrogen and oxygen atoms in total. The number of nitrogens with zero attached hydrogens (tertiary/aromatic N) is 1. The smallest absolute Gasteiger partial charge is 0.336 e. The topological polar surface area (TPSA) is 49.4 Å². The fourth-order valence-electron chi connectivity index (χ4n) is 3.12. The highest BCUT2D eigenvalue weighted by Gasteiger charge is 2.46. The Morgan fingerprint density at radius 1 is 1.18 bits per heavy atom. The minimum absolute atomic E-state index is 0.0714. The summed E-state index contributed by atoms with van der Waals surface area (Å²) in [6.45, 7) is 3.19. The van der Waals surface area contributed by atoms with Crippen molar-refractivity contribution in [3.63, 3.8) is 0 Å². The molecule has 1 aliphatic heterocycles. The van der Waals surface area contributed by atoms with Gasteiger partial charge >= 0.3 is 12.1 Å². The van der Waals surface area contributed by atoms with Gasteiger partial charge in [-0.3, -0.25) is 9.59 Å². The summed E-state index contributed by atoms with van der Waals surface area (Å²) in [7, 11) is 0. The maximum absolute atomic E-state index is 12.7. The Hall–Kier alpha value is -0.920. The van der Waals surface area contributed by atoms with Crippen LogP contribution in [0.15, 0.2) is 0 Å². The minimum atomic E-state index is -4.98. The summed E-state index contributed by atoms with van der Waals surface area (Å²) >= 11 is 1.84. The molecule has 0 spiro atoms. The van der Waals surface area contributed by atoms with Gasteiger partial charge in [-0.25, -0.2) is 0 Å². The quantitative estimate of drug-likeness (QED) is 0.841. The Bertz CT molecular complexity index is 452. The SMILES string of the molecule is CC(C)(NC(=O)C(F)(F)F)C(=O)N1CCSC2CCCCC21. The average Bonchev–Trinajstić information content (AvgIpc) is 2.44. The summed E-state index contributed by atoms with van der Waals surface area (Å²) in [5.41, 5.74) is -1.56. The van der Waals surface area contributed by atoms with Gasteiger partial charge in [0, 0.05) is 23.6 Å². The number of nitrogens with one attached hydrogen (secondary N) is 1. The summed E-state index contributed by atoms with van der Waals surface area (Å²) in [6.07, 6.45) is -0.908. The molecule has 2 rings (SSSR count). The molecular formula is C14H21F3N2O2S. The summed E-state index contributed by atoms with van der Waals surface area (Å²) in [4.78, 5) is 25.5. The molecule has 0 bridgehead atoms. The van der Waals surface area contributed by atoms with Crippen molar-refractivity contribution in [1.82, 2.24) is 10.2 Å². The minimum Gasteiger partial charge on any atom is -0.336 e. The molecule has 22 heavy (non-hydrogen) atoms. The number of hydrogen-bond donors (Lipinski definition) is 1. The predicted molar refractivity (Wildman–Crippen MR) is 78.5 cm³/mol. The van der Waals surface area contributed by atoms with Gasteiger partial charge in [0.1, 0.15) is 5.54 Å². The molecule has 126 valence electrons. The summed E-state index contributed by atoms with van der Waals surface area (Å²) in [5, 5.41) is 2.19. The van der Waals surface area contributed by atoms with Crippen molar-refractivity contribution in [2.45, 2.75) is 62.5 Å². The molecule has 2 unspecified atom stereocenters. The van der Waals surface area contributed by atoms with Crippen LogP contribution in [-0.4, -0.2) is 52.0 Å². The van der Waals surface area contributed by atoms with E-state index in [1.807, 2.05) is 17.1 Å². The standard InChI is InChI=1S/C14H21F3N2O2S/c1-13(2,18-11(20)14(15,16)17)12(21)19-7-8-22-10-6-4-3-5-9(10)19/h9-10H,3-8H2,1-2H3,(H,18,20). The van der Waals surface area contributed by atoms with Crippen LogP contribution in [0.2, 0.25) is 0 Å². The normalized spacial score (nSPS) is 26.3. The molecular weight excluding hydrogens is 317 g/mol. The van der Waals surface area contributed by atoms with E-state index in [4.69, 9.17) is 0 Å². The van der Waals surface area contributed by atoms with Crippen molar-refractivity contribution in [1.29, 1.82) is 0 Å². The van der Waals surface area contributed by atoms with E-state index in [9.17, 15) is 22.8 Å². The molecule has 0 aromatic carbocycles. The van der Waals surface area contributed by atoms with Crippen LogP contribution in [0.5, 0.6) is 0 Å². The number of thioether (sulfide) groups is 1. The molecule has 1 N–H and O–H groups in total. The first-order chi connectivity index (χ1) is 10.1. The van der Waals surface area contributed by atoms with E-state index in [0.29, 0.717) is 11.8 Å². The zero-order chi connectivity index (χ0) is 16.5. The maximum Gasteiger partial charge on any atom is 0.471 e. The fourth-order valence-corrected chi connectivity index (χ4v) is 4.56. The van der Waals surface area contributed by atoms with Crippen LogP contribution in [0.4, 0.5) is 13.2 Å². The van der Waals surface area contributed by atoms with Gasteiger partial charge in [-0.05, 0) is 26.7 Å². The van der Waals surface area contributed by atoms with E-state index in [1.165, 1.54) is 13.8 Å². The lowest BCUT2D eigenvalue weighted by Gasteiger charge is -2.46. The van der Waals surface area contributed by atoms with Crippen LogP contribution >= 0.6 is 11.8 Å². The Balaban J connectivity index is 2.09. The van der Waals surface area contributed by atoms with Crippen molar-refractivity contribution in [3.8, 4) is 0 Å². The van der Waals surface area contributed by atoms with Crippen LogP contribution in [0.1, 0.15) is 39.5 Å². The van der Waals surface area contributed by atoms with E-state index in [0.717, 1.165) is 31.4 Å². The Morgan fingerprint density at radius 3 is 2.45 bits per heavy atom. The molecule has 2 fully saturated rings. The van der Waals surface area contributed by atoms with Crippen molar-refractivity contribution < 1.29 is 22.8 Å². The van der Waals surface area contributed by atoms with E-state index in [-0.39, 0.29) is 6.04 Å². The molecule has 1 saturated carbocycles. The number of halogens is 3. The highest BCUT2D eigenvalue weighted by Crippen LogP contribution is 2.36. The maximum atomic E-state index is 12.7. The first kappa shape index (κ1) is 17.4. The van der Waals surface area contributed by atoms with Crippen LogP contribution < -0.4 is 5.32 Å². The van der Waals surface area contributed by atoms with Crippen LogP contribution in [0, 0.1) is 0 Å². The van der Waals surface area contributed by atoms with E-state index >= 15 is 0 Å². The van der Waals surface area contributed by atoms with Gasteiger partial charge in [-0.1, -0.05) is 12.8 Å². The molecule has 0 radical (unpaired) electrons. The third-order valence-corrected chi connectivity index (χ3v) is 5.61. The molecule has 8 heteroatoms. The lowest BCUT2D eigenvalue weighted by atomic mass is 9.91. The molecule has 1 aliphatic carbocycles. The third kappa shape index (κ3) is 3.70. The molecule has 2 aliphatic rings. The number of rotatable bonds is 2. The Morgan fingerprint density at radius 2 is 1.82 bits per heavy atom. The van der Waals surface area contributed by atoms with Crippen LogP contribution in [0.3, 0.4) is 0 Å². The van der Waals surface area contributed by atoms with Gasteiger partial charge in [0.25, 0.3) is 0 Å². The first-order valence-electron chi connectivity index (χ1n) is 7.45. The van der Waals surface area contributed by atoms with Crippen LogP contribution in [0.25, 0.3) is 0 Å².